The maximum Gasteiger partial charge on any atom is 0.322 e. The van der Waals surface area contributed by atoms with Gasteiger partial charge in [0.2, 0.25) is 0 Å². The standard InChI is InChI=1S/C16H22N4O/c1-15(2,3)10-6-11-12(8-18-13(11)17-7-10)20-14(21)19-9-16(20,4)5/h6-8H,9H2,1-5H3,(H,17,18)(H,19,21). The molecule has 0 unspecified atom stereocenters. The Morgan fingerprint density at radius 2 is 2.05 bits per heavy atom. The molecule has 0 aromatic carbocycles. The molecule has 1 aliphatic rings. The van der Waals surface area contributed by atoms with E-state index in [0.29, 0.717) is 6.54 Å². The molecule has 0 aliphatic carbocycles. The molecule has 21 heavy (non-hydrogen) atoms. The van der Waals surface area contributed by atoms with Gasteiger partial charge in [0.1, 0.15) is 5.65 Å². The summed E-state index contributed by atoms with van der Waals surface area (Å²) in [6.45, 7) is 11.2. The Morgan fingerprint density at radius 1 is 1.33 bits per heavy atom. The zero-order valence-electron chi connectivity index (χ0n) is 13.2. The molecule has 2 aromatic rings. The first-order chi connectivity index (χ1) is 9.70. The molecule has 0 bridgehead atoms. The highest BCUT2D eigenvalue weighted by molar-refractivity contribution is 6.04. The lowest BCUT2D eigenvalue weighted by Gasteiger charge is -2.29. The quantitative estimate of drug-likeness (QED) is 0.846. The van der Waals surface area contributed by atoms with Crippen molar-refractivity contribution in [2.75, 3.05) is 11.4 Å². The van der Waals surface area contributed by atoms with Gasteiger partial charge in [-0.2, -0.15) is 0 Å². The van der Waals surface area contributed by atoms with E-state index >= 15 is 0 Å². The normalized spacial score (nSPS) is 18.3. The van der Waals surface area contributed by atoms with Gasteiger partial charge in [-0.25, -0.2) is 9.78 Å². The molecule has 3 heterocycles. The average Bonchev–Trinajstić information content (AvgIpc) is 2.89. The van der Waals surface area contributed by atoms with Crippen molar-refractivity contribution in [3.63, 3.8) is 0 Å². The van der Waals surface area contributed by atoms with Crippen molar-refractivity contribution < 1.29 is 4.79 Å². The number of nitrogens with zero attached hydrogens (tertiary/aromatic N) is 2. The van der Waals surface area contributed by atoms with E-state index in [2.05, 4.69) is 56.0 Å². The van der Waals surface area contributed by atoms with Crippen LogP contribution in [0, 0.1) is 0 Å². The number of anilines is 1. The smallest absolute Gasteiger partial charge is 0.322 e. The van der Waals surface area contributed by atoms with Crippen LogP contribution in [0.5, 0.6) is 0 Å². The van der Waals surface area contributed by atoms with Gasteiger partial charge in [0, 0.05) is 24.3 Å². The summed E-state index contributed by atoms with van der Waals surface area (Å²) in [5.74, 6) is 0. The minimum atomic E-state index is -0.246. The van der Waals surface area contributed by atoms with Gasteiger partial charge in [0.15, 0.2) is 0 Å². The van der Waals surface area contributed by atoms with Crippen LogP contribution in [-0.4, -0.2) is 28.1 Å². The summed E-state index contributed by atoms with van der Waals surface area (Å²) in [6, 6.07) is 2.08. The predicted octanol–water partition coefficient (Wildman–Crippen LogP) is 3.17. The molecule has 0 saturated carbocycles. The number of aromatic nitrogens is 2. The lowest BCUT2D eigenvalue weighted by atomic mass is 9.88. The van der Waals surface area contributed by atoms with E-state index in [9.17, 15) is 4.79 Å². The summed E-state index contributed by atoms with van der Waals surface area (Å²) in [5, 5.41) is 3.90. The third-order valence-corrected chi connectivity index (χ3v) is 4.10. The second-order valence-electron chi connectivity index (χ2n) is 7.35. The van der Waals surface area contributed by atoms with Crippen LogP contribution in [0.15, 0.2) is 18.5 Å². The lowest BCUT2D eigenvalue weighted by molar-refractivity contribution is 0.251. The highest BCUT2D eigenvalue weighted by Crippen LogP contribution is 2.35. The zero-order valence-corrected chi connectivity index (χ0v) is 13.2. The van der Waals surface area contributed by atoms with Crippen LogP contribution < -0.4 is 10.2 Å². The van der Waals surface area contributed by atoms with Crippen LogP contribution >= 0.6 is 0 Å². The summed E-state index contributed by atoms with van der Waals surface area (Å²) < 4.78 is 0. The van der Waals surface area contributed by atoms with E-state index in [1.54, 1.807) is 0 Å². The van der Waals surface area contributed by atoms with Crippen LogP contribution in [0.3, 0.4) is 0 Å². The molecule has 0 atom stereocenters. The third kappa shape index (κ3) is 2.17. The van der Waals surface area contributed by atoms with Crippen LogP contribution in [0.25, 0.3) is 11.0 Å². The average molecular weight is 286 g/mol. The number of urea groups is 1. The highest BCUT2D eigenvalue weighted by Gasteiger charge is 2.39. The van der Waals surface area contributed by atoms with Crippen molar-refractivity contribution in [1.29, 1.82) is 0 Å². The Kier molecular flexibility index (Phi) is 2.80. The van der Waals surface area contributed by atoms with E-state index in [1.807, 2.05) is 17.3 Å². The van der Waals surface area contributed by atoms with E-state index in [4.69, 9.17) is 0 Å². The van der Waals surface area contributed by atoms with Gasteiger partial charge in [-0.05, 0) is 30.9 Å². The second-order valence-corrected chi connectivity index (χ2v) is 7.35. The summed E-state index contributed by atoms with van der Waals surface area (Å²) in [7, 11) is 0. The Labute approximate surface area is 124 Å². The number of nitrogens with one attached hydrogen (secondary N) is 2. The fourth-order valence-corrected chi connectivity index (χ4v) is 2.75. The highest BCUT2D eigenvalue weighted by atomic mass is 16.2. The molecular formula is C16H22N4O. The topological polar surface area (TPSA) is 61.0 Å². The van der Waals surface area contributed by atoms with Crippen molar-refractivity contribution in [3.8, 4) is 0 Å². The molecule has 2 aromatic heterocycles. The number of rotatable bonds is 1. The fourth-order valence-electron chi connectivity index (χ4n) is 2.75. The summed E-state index contributed by atoms with van der Waals surface area (Å²) in [4.78, 5) is 21.7. The van der Waals surface area contributed by atoms with Gasteiger partial charge in [0.25, 0.3) is 0 Å². The van der Waals surface area contributed by atoms with E-state index in [0.717, 1.165) is 22.3 Å². The number of aromatic amines is 1. The van der Waals surface area contributed by atoms with E-state index in [-0.39, 0.29) is 17.0 Å². The number of carbonyl (C=O) groups excluding carboxylic acids is 1. The molecule has 1 saturated heterocycles. The molecule has 1 aliphatic heterocycles. The van der Waals surface area contributed by atoms with Gasteiger partial charge in [-0.3, -0.25) is 4.90 Å². The summed E-state index contributed by atoms with van der Waals surface area (Å²) in [5.41, 5.74) is 2.65. The van der Waals surface area contributed by atoms with Crippen molar-refractivity contribution >= 4 is 22.8 Å². The van der Waals surface area contributed by atoms with Crippen LogP contribution in [0.2, 0.25) is 0 Å². The molecule has 5 heteroatoms. The van der Waals surface area contributed by atoms with E-state index in [1.165, 1.54) is 0 Å². The Bertz CT molecular complexity index is 709. The number of hydrogen-bond acceptors (Lipinski definition) is 2. The third-order valence-electron chi connectivity index (χ3n) is 4.10. The molecule has 5 nitrogen and oxygen atoms in total. The largest absolute Gasteiger partial charge is 0.344 e. The maximum atomic E-state index is 12.2. The number of pyridine rings is 1. The van der Waals surface area contributed by atoms with Crippen molar-refractivity contribution in [2.45, 2.75) is 45.6 Å². The Hall–Kier alpha value is -2.04. The Balaban J connectivity index is 2.17. The van der Waals surface area contributed by atoms with Crippen molar-refractivity contribution in [1.82, 2.24) is 15.3 Å². The number of H-pyrrole nitrogens is 1. The molecule has 0 radical (unpaired) electrons. The molecule has 2 amide bonds. The van der Waals surface area contributed by atoms with Crippen LogP contribution in [0.1, 0.15) is 40.2 Å². The number of fused-ring (bicyclic) bond motifs is 1. The monoisotopic (exact) mass is 286 g/mol. The maximum absolute atomic E-state index is 12.2. The van der Waals surface area contributed by atoms with Gasteiger partial charge in [0.05, 0.1) is 11.2 Å². The second kappa shape index (κ2) is 4.23. The number of amides is 2. The fraction of sp³-hybridized carbons (Fsp3) is 0.500. The van der Waals surface area contributed by atoms with Gasteiger partial charge in [-0.15, -0.1) is 0 Å². The van der Waals surface area contributed by atoms with Gasteiger partial charge >= 0.3 is 6.03 Å². The van der Waals surface area contributed by atoms with Gasteiger partial charge < -0.3 is 10.3 Å². The molecular weight excluding hydrogens is 264 g/mol. The first-order valence-electron chi connectivity index (χ1n) is 7.26. The minimum absolute atomic E-state index is 0.0263. The molecule has 112 valence electrons. The zero-order chi connectivity index (χ0) is 15.4. The summed E-state index contributed by atoms with van der Waals surface area (Å²) in [6.07, 6.45) is 3.77. The molecule has 2 N–H and O–H groups in total. The predicted molar refractivity (Wildman–Crippen MR) is 84.8 cm³/mol. The number of carbonyl (C=O) groups is 1. The first-order valence-corrected chi connectivity index (χ1v) is 7.26. The first kappa shape index (κ1) is 13.9. The molecule has 3 rings (SSSR count). The summed E-state index contributed by atoms with van der Waals surface area (Å²) >= 11 is 0. The SMILES string of the molecule is CC(C)(C)c1cnc2[nH]cc(N3C(=O)NCC3(C)C)c2c1. The Morgan fingerprint density at radius 3 is 2.62 bits per heavy atom. The molecule has 1 fully saturated rings. The van der Waals surface area contributed by atoms with E-state index < -0.39 is 0 Å². The van der Waals surface area contributed by atoms with Crippen LogP contribution in [0.4, 0.5) is 10.5 Å². The molecule has 0 spiro atoms. The van der Waals surface area contributed by atoms with Gasteiger partial charge in [-0.1, -0.05) is 20.8 Å². The number of hydrogen-bond donors (Lipinski definition) is 2. The van der Waals surface area contributed by atoms with Crippen molar-refractivity contribution in [3.05, 3.63) is 24.0 Å². The lowest BCUT2D eigenvalue weighted by Crippen LogP contribution is -2.42. The van der Waals surface area contributed by atoms with Crippen LogP contribution in [-0.2, 0) is 5.41 Å². The van der Waals surface area contributed by atoms with Crippen molar-refractivity contribution in [2.24, 2.45) is 0 Å². The minimum Gasteiger partial charge on any atom is -0.344 e.